The Kier molecular flexibility index (Phi) is 36.8. The fraction of sp³-hybridized carbons (Fsp3) is 0.941. The summed E-state index contributed by atoms with van der Waals surface area (Å²) in [5.74, 6) is 0. The van der Waals surface area contributed by atoms with E-state index in [2.05, 4.69) is 30.9 Å². The normalized spacial score (nSPS) is 12.7. The molecule has 0 saturated heterocycles. The van der Waals surface area contributed by atoms with Crippen LogP contribution in [0.2, 0.25) is 0 Å². The lowest BCUT2D eigenvalue weighted by Gasteiger charge is -2.27. The summed E-state index contributed by atoms with van der Waals surface area (Å²) in [6.45, 7) is 6.52. The molecule has 0 aromatic heterocycles. The van der Waals surface area contributed by atoms with Crippen molar-refractivity contribution in [3.05, 3.63) is 12.2 Å². The van der Waals surface area contributed by atoms with Crippen molar-refractivity contribution in [3.63, 3.8) is 0 Å². The molecule has 1 unspecified atom stereocenters. The van der Waals surface area contributed by atoms with Crippen molar-refractivity contribution in [2.45, 2.75) is 180 Å². The van der Waals surface area contributed by atoms with Crippen molar-refractivity contribution in [3.8, 4) is 0 Å². The summed E-state index contributed by atoms with van der Waals surface area (Å²) in [7, 11) is -4.64. The Morgan fingerprint density at radius 2 is 0.881 bits per heavy atom. The minimum atomic E-state index is -4.64. The number of aliphatic hydroxyl groups excluding tert-OH is 2. The number of phosphoric acid groups is 1. The van der Waals surface area contributed by atoms with E-state index in [4.69, 9.17) is 19.2 Å². The first kappa shape index (κ1) is 43.9. The topological polar surface area (TPSA) is 121 Å². The van der Waals surface area contributed by atoms with Gasteiger partial charge in [0.1, 0.15) is 0 Å². The Morgan fingerprint density at radius 3 is 1.21 bits per heavy atom. The van der Waals surface area contributed by atoms with Crippen molar-refractivity contribution in [2.24, 2.45) is 0 Å². The van der Waals surface area contributed by atoms with E-state index in [9.17, 15) is 10.2 Å². The monoisotopic (exact) mass is 622 g/mol. The molecule has 5 N–H and O–H groups in total. The first-order valence-corrected chi connectivity index (χ1v) is 19.3. The standard InChI is InChI=1S/C34H69NO2.H3O4P/c1-3-5-7-9-11-13-15-16-17-18-19-20-21-23-25-27-29-34(33-37)35(31-32-36)30-28-26-24-22-14-12-10-8-6-4-2;1-5(2,3)4/h27,29,34,36-37H,3-26,28,30-33H2,1-2H3;(H3,1,2,3,4). The number of nitrogens with zero attached hydrogens (tertiary/aromatic N) is 1. The minimum absolute atomic E-state index is 0.0531. The molecule has 0 aliphatic carbocycles. The molecule has 0 amide bonds. The van der Waals surface area contributed by atoms with Gasteiger partial charge in [-0.2, -0.15) is 0 Å². The molecule has 7 nitrogen and oxygen atoms in total. The minimum Gasteiger partial charge on any atom is -0.395 e. The molecular weight excluding hydrogens is 549 g/mol. The van der Waals surface area contributed by atoms with E-state index < -0.39 is 7.82 Å². The lowest BCUT2D eigenvalue weighted by Crippen LogP contribution is -2.39. The van der Waals surface area contributed by atoms with Crippen molar-refractivity contribution in [2.75, 3.05) is 26.3 Å². The smallest absolute Gasteiger partial charge is 0.395 e. The molecule has 1 atom stereocenters. The Balaban J connectivity index is 0. The molecule has 0 spiro atoms. The van der Waals surface area contributed by atoms with Gasteiger partial charge in [0, 0.05) is 6.54 Å². The number of unbranched alkanes of at least 4 members (excludes halogenated alkanes) is 23. The van der Waals surface area contributed by atoms with Crippen LogP contribution in [-0.4, -0.2) is 62.1 Å². The van der Waals surface area contributed by atoms with Crippen molar-refractivity contribution in [1.29, 1.82) is 0 Å². The van der Waals surface area contributed by atoms with Gasteiger partial charge >= 0.3 is 7.82 Å². The van der Waals surface area contributed by atoms with Crippen LogP contribution in [0.5, 0.6) is 0 Å². The Hall–Kier alpha value is -0.270. The zero-order chi connectivity index (χ0) is 31.6. The third-order valence-corrected chi connectivity index (χ3v) is 7.92. The molecule has 0 aliphatic heterocycles. The van der Waals surface area contributed by atoms with Gasteiger partial charge in [-0.3, -0.25) is 4.90 Å². The van der Waals surface area contributed by atoms with Gasteiger partial charge < -0.3 is 24.9 Å². The first-order chi connectivity index (χ1) is 20.3. The van der Waals surface area contributed by atoms with Crippen molar-refractivity contribution < 1.29 is 29.5 Å². The van der Waals surface area contributed by atoms with E-state index >= 15 is 0 Å². The second-order valence-electron chi connectivity index (χ2n) is 12.0. The third-order valence-electron chi connectivity index (χ3n) is 7.92. The van der Waals surface area contributed by atoms with Crippen molar-refractivity contribution >= 4 is 7.82 Å². The molecule has 0 rings (SSSR count). The van der Waals surface area contributed by atoms with Gasteiger partial charge in [0.05, 0.1) is 19.3 Å². The average molecular weight is 622 g/mol. The predicted octanol–water partition coefficient (Wildman–Crippen LogP) is 9.06. The zero-order valence-corrected chi connectivity index (χ0v) is 28.7. The van der Waals surface area contributed by atoms with Crippen LogP contribution in [0.3, 0.4) is 0 Å². The number of hydrogen-bond acceptors (Lipinski definition) is 4. The van der Waals surface area contributed by atoms with Crippen LogP contribution in [0.1, 0.15) is 174 Å². The van der Waals surface area contributed by atoms with Gasteiger partial charge in [-0.05, 0) is 25.8 Å². The van der Waals surface area contributed by atoms with Crippen LogP contribution in [0, 0.1) is 0 Å². The van der Waals surface area contributed by atoms with Gasteiger partial charge in [-0.25, -0.2) is 4.57 Å². The molecule has 0 saturated carbocycles. The fourth-order valence-corrected chi connectivity index (χ4v) is 5.38. The number of aliphatic hydroxyl groups is 2. The number of allylic oxidation sites excluding steroid dienone is 1. The van der Waals surface area contributed by atoms with E-state index in [1.54, 1.807) is 0 Å². The van der Waals surface area contributed by atoms with Crippen LogP contribution in [-0.2, 0) is 4.57 Å². The van der Waals surface area contributed by atoms with Gasteiger partial charge in [-0.15, -0.1) is 0 Å². The van der Waals surface area contributed by atoms with Crippen LogP contribution in [0.4, 0.5) is 0 Å². The molecule has 0 aromatic carbocycles. The molecule has 0 aromatic rings. The zero-order valence-electron chi connectivity index (χ0n) is 27.8. The Labute approximate surface area is 260 Å². The summed E-state index contributed by atoms with van der Waals surface area (Å²) < 4.78 is 8.88. The van der Waals surface area contributed by atoms with E-state index in [-0.39, 0.29) is 19.3 Å². The summed E-state index contributed by atoms with van der Waals surface area (Å²) in [5, 5.41) is 19.4. The molecular formula is C34H72NO6P. The lowest BCUT2D eigenvalue weighted by molar-refractivity contribution is 0.124. The molecule has 8 heteroatoms. The SMILES string of the molecule is CCCCCCCCCCCCCCCCC=CC(CO)N(CCO)CCCCCCCCCCCC.O=P(O)(O)O. The molecule has 254 valence electrons. The van der Waals surface area contributed by atoms with Crippen LogP contribution in [0.15, 0.2) is 12.2 Å². The Bertz CT molecular complexity index is 578. The van der Waals surface area contributed by atoms with E-state index in [1.165, 1.54) is 154 Å². The quantitative estimate of drug-likeness (QED) is 0.0297. The van der Waals surface area contributed by atoms with Crippen LogP contribution < -0.4 is 0 Å². The highest BCUT2D eigenvalue weighted by atomic mass is 31.2. The molecule has 0 bridgehead atoms. The second kappa shape index (κ2) is 35.2. The first-order valence-electron chi connectivity index (χ1n) is 17.7. The maximum atomic E-state index is 9.94. The largest absolute Gasteiger partial charge is 0.466 e. The summed E-state index contributed by atoms with van der Waals surface area (Å²) >= 11 is 0. The van der Waals surface area contributed by atoms with Gasteiger partial charge in [0.2, 0.25) is 0 Å². The lowest BCUT2D eigenvalue weighted by atomic mass is 10.0. The maximum Gasteiger partial charge on any atom is 0.466 e. The summed E-state index contributed by atoms with van der Waals surface area (Å²) in [6.07, 6.45) is 38.6. The number of hydrogen-bond donors (Lipinski definition) is 5. The molecule has 0 fully saturated rings. The van der Waals surface area contributed by atoms with Crippen LogP contribution in [0.25, 0.3) is 0 Å². The van der Waals surface area contributed by atoms with Gasteiger partial charge in [0.25, 0.3) is 0 Å². The highest BCUT2D eigenvalue weighted by molar-refractivity contribution is 7.45. The highest BCUT2D eigenvalue weighted by Crippen LogP contribution is 2.25. The maximum absolute atomic E-state index is 9.94. The van der Waals surface area contributed by atoms with E-state index in [1.807, 2.05) is 0 Å². The molecule has 0 radical (unpaired) electrons. The summed E-state index contributed by atoms with van der Waals surface area (Å²) in [4.78, 5) is 23.8. The highest BCUT2D eigenvalue weighted by Gasteiger charge is 2.14. The third kappa shape index (κ3) is 39.7. The van der Waals surface area contributed by atoms with E-state index in [0.29, 0.717) is 6.54 Å². The Morgan fingerprint density at radius 1 is 0.548 bits per heavy atom. The fourth-order valence-electron chi connectivity index (χ4n) is 5.38. The molecule has 0 aliphatic rings. The average Bonchev–Trinajstić information content (AvgIpc) is 2.94. The van der Waals surface area contributed by atoms with E-state index in [0.717, 1.165) is 13.0 Å². The number of rotatable bonds is 31. The van der Waals surface area contributed by atoms with Gasteiger partial charge in [-0.1, -0.05) is 167 Å². The van der Waals surface area contributed by atoms with Gasteiger partial charge in [0.15, 0.2) is 0 Å². The van der Waals surface area contributed by atoms with Crippen molar-refractivity contribution in [1.82, 2.24) is 4.90 Å². The molecule has 42 heavy (non-hydrogen) atoms. The predicted molar refractivity (Wildman–Crippen MR) is 180 cm³/mol. The summed E-state index contributed by atoms with van der Waals surface area (Å²) in [5.41, 5.74) is 0. The second-order valence-corrected chi connectivity index (χ2v) is 13.0. The van der Waals surface area contributed by atoms with Crippen LogP contribution >= 0.6 is 7.82 Å². The molecule has 0 heterocycles. The summed E-state index contributed by atoms with van der Waals surface area (Å²) in [6, 6.07) is 0.0531.